The monoisotopic (exact) mass is 464 g/mol. The Morgan fingerprint density at radius 1 is 0.792 bits per heavy atom. The van der Waals surface area contributed by atoms with Gasteiger partial charge >= 0.3 is 141 Å². The third kappa shape index (κ3) is 4.13. The molecule has 0 aromatic heterocycles. The zero-order valence-electron chi connectivity index (χ0n) is 16.4. The second kappa shape index (κ2) is 9.03. The van der Waals surface area contributed by atoms with E-state index in [4.69, 9.17) is 0 Å². The summed E-state index contributed by atoms with van der Waals surface area (Å²) in [7, 11) is 0. The maximum Gasteiger partial charge on any atom is -0.147 e. The van der Waals surface area contributed by atoms with E-state index < -0.39 is 17.4 Å². The Morgan fingerprint density at radius 2 is 1.12 bits per heavy atom. The van der Waals surface area contributed by atoms with Gasteiger partial charge in [0.2, 0.25) is 0 Å². The van der Waals surface area contributed by atoms with E-state index in [2.05, 4.69) is 60.6 Å². The van der Waals surface area contributed by atoms with Gasteiger partial charge in [-0.2, -0.15) is 0 Å². The number of hydrogen-bond acceptors (Lipinski definition) is 0. The quantitative estimate of drug-likeness (QED) is 0.371. The molecule has 0 nitrogen and oxygen atoms in total. The molecule has 2 aliphatic rings. The Labute approximate surface area is 164 Å². The zero-order chi connectivity index (χ0) is 16.6. The van der Waals surface area contributed by atoms with Gasteiger partial charge in [0.25, 0.3) is 0 Å². The fraction of sp³-hybridized carbons (Fsp3) is 0.600. The van der Waals surface area contributed by atoms with Gasteiger partial charge in [0, 0.05) is 0 Å². The topological polar surface area (TPSA) is 0 Å². The molecule has 0 aromatic rings. The van der Waals surface area contributed by atoms with Crippen LogP contribution < -0.4 is 0 Å². The van der Waals surface area contributed by atoms with Crippen molar-refractivity contribution in [3.05, 3.63) is 41.0 Å². The molecule has 0 saturated carbocycles. The summed E-state index contributed by atoms with van der Waals surface area (Å²) in [5, 5.41) is 0. The molecule has 0 radical (unpaired) electrons. The van der Waals surface area contributed by atoms with Gasteiger partial charge in [-0.25, -0.2) is 0 Å². The molecule has 2 aliphatic carbocycles. The van der Waals surface area contributed by atoms with Gasteiger partial charge in [-0.15, -0.1) is 24.8 Å². The molecule has 4 heteroatoms. The van der Waals surface area contributed by atoms with Crippen molar-refractivity contribution in [2.75, 3.05) is 0 Å². The molecule has 0 fully saturated rings. The fourth-order valence-electron chi connectivity index (χ4n) is 4.74. The minimum atomic E-state index is -3.02. The van der Waals surface area contributed by atoms with Crippen LogP contribution in [0.5, 0.6) is 0 Å². The Bertz CT molecular complexity index is 620. The Kier molecular flexibility index (Phi) is 9.27. The molecule has 0 spiro atoms. The third-order valence-electron chi connectivity index (χ3n) is 6.43. The first-order valence-electron chi connectivity index (χ1n) is 9.04. The number of rotatable bonds is 6. The minimum absolute atomic E-state index is 0. The zero-order valence-corrected chi connectivity index (χ0v) is 21.9. The second-order valence-corrected chi connectivity index (χ2v) is 33.3. The van der Waals surface area contributed by atoms with E-state index in [-0.39, 0.29) is 24.8 Å². The molecule has 138 valence electrons. The summed E-state index contributed by atoms with van der Waals surface area (Å²) in [5.41, 5.74) is 6.34. The Morgan fingerprint density at radius 3 is 1.33 bits per heavy atom. The summed E-state index contributed by atoms with van der Waals surface area (Å²) in [6.45, 7) is 16.7. The van der Waals surface area contributed by atoms with Gasteiger partial charge in [-0.05, 0) is 0 Å². The SMILES string of the molecule is CC[CH2][Zr](=[SiH2])([CH2]CC)([C]1=CC(C)=C(C)C1)[C]1=CC(C)=C(C)C1.Cl.Cl. The van der Waals surface area contributed by atoms with Gasteiger partial charge in [0.15, 0.2) is 0 Å². The number of halogens is 2. The molecular formula is C20H36Cl2SiZr. The van der Waals surface area contributed by atoms with Crippen LogP contribution in [0.25, 0.3) is 0 Å². The third-order valence-corrected chi connectivity index (χ3v) is 34.2. The van der Waals surface area contributed by atoms with Crippen molar-refractivity contribution >= 4 is 31.7 Å². The predicted molar refractivity (Wildman–Crippen MR) is 115 cm³/mol. The molecule has 0 unspecified atom stereocenters. The molecule has 0 aromatic carbocycles. The van der Waals surface area contributed by atoms with Gasteiger partial charge in [-0.3, -0.25) is 0 Å². The standard InChI is InChI=1S/2C7H9.2C3H7.2ClH.H2Si.Zr/c2*1-6-4-3-5-7(6)2;2*1-3-2;;;;/h2*4H,5H2,1-2H3;2*1,3H2,2H3;2*1H;1H2;. The molecule has 0 heterocycles. The van der Waals surface area contributed by atoms with Crippen LogP contribution in [-0.4, -0.2) is 6.88 Å². The Balaban J connectivity index is 0.00000264. The van der Waals surface area contributed by atoms with Gasteiger partial charge < -0.3 is 0 Å². The summed E-state index contributed by atoms with van der Waals surface area (Å²) in [6.07, 6.45) is 10.5. The van der Waals surface area contributed by atoms with E-state index in [1.165, 1.54) is 33.9 Å². The summed E-state index contributed by atoms with van der Waals surface area (Å²) >= 11 is -3.02. The summed E-state index contributed by atoms with van der Waals surface area (Å²) < 4.78 is 6.78. The summed E-state index contributed by atoms with van der Waals surface area (Å²) in [4.78, 5) is 0. The number of allylic oxidation sites excluding steroid dienone is 8. The number of hydrogen-bond donors (Lipinski definition) is 0. The second-order valence-electron chi connectivity index (χ2n) is 8.06. The predicted octanol–water partition coefficient (Wildman–Crippen LogP) is 6.97. The van der Waals surface area contributed by atoms with E-state index in [1.807, 2.05) is 6.56 Å². The van der Waals surface area contributed by atoms with Crippen LogP contribution in [0.15, 0.2) is 41.0 Å². The largest absolute Gasteiger partial charge is 0.147 e. The van der Waals surface area contributed by atoms with E-state index in [1.54, 1.807) is 22.3 Å². The van der Waals surface area contributed by atoms with Crippen molar-refractivity contribution in [1.29, 1.82) is 0 Å². The molecule has 0 N–H and O–H groups in total. The molecule has 2 rings (SSSR count). The Hall–Kier alpha value is 0.640. The van der Waals surface area contributed by atoms with Gasteiger partial charge in [0.05, 0.1) is 0 Å². The van der Waals surface area contributed by atoms with Crippen molar-refractivity contribution in [1.82, 2.24) is 0 Å². The van der Waals surface area contributed by atoms with Crippen molar-refractivity contribution < 1.29 is 17.4 Å². The van der Waals surface area contributed by atoms with Gasteiger partial charge in [-0.1, -0.05) is 0 Å². The minimum Gasteiger partial charge on any atom is -0.147 e. The van der Waals surface area contributed by atoms with Crippen LogP contribution in [0, 0.1) is 0 Å². The molecule has 0 bridgehead atoms. The van der Waals surface area contributed by atoms with E-state index in [0.29, 0.717) is 0 Å². The van der Waals surface area contributed by atoms with Crippen LogP contribution in [0.1, 0.15) is 67.2 Å². The van der Waals surface area contributed by atoms with Crippen LogP contribution in [0.2, 0.25) is 8.26 Å². The summed E-state index contributed by atoms with van der Waals surface area (Å²) in [5.74, 6) is 0. The van der Waals surface area contributed by atoms with Gasteiger partial charge in [0.1, 0.15) is 0 Å². The smallest absolute Gasteiger partial charge is 0.147 e. The summed E-state index contributed by atoms with van der Waals surface area (Å²) in [6, 6.07) is 0. The molecule has 0 atom stereocenters. The van der Waals surface area contributed by atoms with Crippen LogP contribution in [-0.2, 0) is 17.4 Å². The fourth-order valence-corrected chi connectivity index (χ4v) is 28.8. The van der Waals surface area contributed by atoms with Crippen LogP contribution in [0.3, 0.4) is 0 Å². The van der Waals surface area contributed by atoms with E-state index in [9.17, 15) is 0 Å². The first kappa shape index (κ1) is 24.6. The molecule has 0 amide bonds. The van der Waals surface area contributed by atoms with Crippen LogP contribution in [0.4, 0.5) is 0 Å². The average Bonchev–Trinajstić information content (AvgIpc) is 2.96. The molecule has 24 heavy (non-hydrogen) atoms. The average molecular weight is 467 g/mol. The molecular weight excluding hydrogens is 430 g/mol. The first-order valence-corrected chi connectivity index (χ1v) is 20.9. The van der Waals surface area contributed by atoms with E-state index in [0.717, 1.165) is 0 Å². The normalized spacial score (nSPS) is 18.3. The van der Waals surface area contributed by atoms with Crippen molar-refractivity contribution in [3.8, 4) is 0 Å². The van der Waals surface area contributed by atoms with Crippen LogP contribution >= 0.6 is 24.8 Å². The first-order chi connectivity index (χ1) is 10.3. The maximum absolute atomic E-state index is 3.02. The van der Waals surface area contributed by atoms with Crippen molar-refractivity contribution in [2.45, 2.75) is 75.5 Å². The molecule has 0 saturated heterocycles. The van der Waals surface area contributed by atoms with E-state index >= 15 is 0 Å². The van der Waals surface area contributed by atoms with Crippen molar-refractivity contribution in [2.24, 2.45) is 0 Å². The maximum atomic E-state index is 2.61. The van der Waals surface area contributed by atoms with Crippen molar-refractivity contribution in [3.63, 3.8) is 0 Å². The molecule has 0 aliphatic heterocycles.